The number of ether oxygens (including phenoxy) is 2. The molecule has 3 aromatic rings. The number of aliphatic hydroxyl groups is 1. The van der Waals surface area contributed by atoms with Crippen LogP contribution in [0.3, 0.4) is 0 Å². The van der Waals surface area contributed by atoms with Gasteiger partial charge < -0.3 is 19.7 Å². The maximum Gasteiger partial charge on any atom is 0.335 e. The Bertz CT molecular complexity index is 1470. The van der Waals surface area contributed by atoms with Crippen molar-refractivity contribution in [1.29, 1.82) is 5.41 Å². The third-order valence-electron chi connectivity index (χ3n) is 6.80. The van der Waals surface area contributed by atoms with Gasteiger partial charge >= 0.3 is 5.97 Å². The topological polar surface area (TPSA) is 99.8 Å². The zero-order valence-electron chi connectivity index (χ0n) is 20.4. The Balaban J connectivity index is 1.36. The van der Waals surface area contributed by atoms with Crippen molar-refractivity contribution in [2.24, 2.45) is 5.92 Å². The molecule has 3 N–H and O–H groups in total. The number of aromatic carboxylic acids is 1. The standard InChI is InChI=1S/C29H23Cl4NO5/c30-19-2-1-3-20(31)26(19)27(34)18(28(35)14-4-5-14)13-38-17-11-21(32)25(22(33)12-17)24-9-6-15-10-16(29(36)37)7-8-23(15)39-24/h1-3,7-8,10-12,14,24,34-35H,4-6,9,13H2,(H,36,37)/b28-18-,34-27?. The molecule has 0 amide bonds. The summed E-state index contributed by atoms with van der Waals surface area (Å²) in [5, 5.41) is 30.2. The minimum absolute atomic E-state index is 0.0101. The Morgan fingerprint density at radius 1 is 0.949 bits per heavy atom. The highest BCUT2D eigenvalue weighted by molar-refractivity contribution is 6.41. The van der Waals surface area contributed by atoms with Crippen molar-refractivity contribution in [3.05, 3.63) is 102 Å². The van der Waals surface area contributed by atoms with Gasteiger partial charge in [-0.1, -0.05) is 52.5 Å². The third-order valence-corrected chi connectivity index (χ3v) is 8.05. The minimum Gasteiger partial charge on any atom is -0.512 e. The van der Waals surface area contributed by atoms with Gasteiger partial charge in [0, 0.05) is 17.0 Å². The zero-order chi connectivity index (χ0) is 27.8. The summed E-state index contributed by atoms with van der Waals surface area (Å²) in [5.41, 5.74) is 2.23. The summed E-state index contributed by atoms with van der Waals surface area (Å²) < 4.78 is 12.1. The Labute approximate surface area is 245 Å². The van der Waals surface area contributed by atoms with Crippen LogP contribution in [0.4, 0.5) is 0 Å². The molecular formula is C29H23Cl4NO5. The lowest BCUT2D eigenvalue weighted by molar-refractivity contribution is 0.0696. The molecule has 1 atom stereocenters. The molecule has 1 heterocycles. The van der Waals surface area contributed by atoms with Crippen LogP contribution in [0.25, 0.3) is 0 Å². The Morgan fingerprint density at radius 2 is 1.62 bits per heavy atom. The first kappa shape index (κ1) is 27.7. The number of aliphatic hydroxyl groups excluding tert-OH is 1. The largest absolute Gasteiger partial charge is 0.512 e. The van der Waals surface area contributed by atoms with Gasteiger partial charge in [-0.15, -0.1) is 0 Å². The zero-order valence-corrected chi connectivity index (χ0v) is 23.5. The second-order valence-corrected chi connectivity index (χ2v) is 11.1. The molecule has 0 spiro atoms. The SMILES string of the molecule is N=C(/C(COc1cc(Cl)c(C2CCc3cc(C(=O)O)ccc3O2)c(Cl)c1)=C(\O)C1CC1)c1c(Cl)cccc1Cl. The molecule has 39 heavy (non-hydrogen) atoms. The van der Waals surface area contributed by atoms with E-state index in [9.17, 15) is 15.0 Å². The highest BCUT2D eigenvalue weighted by atomic mass is 35.5. The van der Waals surface area contributed by atoms with Crippen molar-refractivity contribution in [3.63, 3.8) is 0 Å². The van der Waals surface area contributed by atoms with E-state index in [1.165, 1.54) is 6.07 Å². The van der Waals surface area contributed by atoms with Crippen LogP contribution in [0.5, 0.6) is 11.5 Å². The summed E-state index contributed by atoms with van der Waals surface area (Å²) in [6.07, 6.45) is 2.40. The predicted octanol–water partition coefficient (Wildman–Crippen LogP) is 8.73. The molecule has 10 heteroatoms. The average Bonchev–Trinajstić information content (AvgIpc) is 3.73. The summed E-state index contributed by atoms with van der Waals surface area (Å²) in [6.45, 7) is -0.117. The second-order valence-electron chi connectivity index (χ2n) is 9.47. The maximum atomic E-state index is 11.3. The third kappa shape index (κ3) is 5.85. The Kier molecular flexibility index (Phi) is 8.01. The molecule has 1 saturated carbocycles. The van der Waals surface area contributed by atoms with Crippen molar-refractivity contribution in [2.75, 3.05) is 6.61 Å². The van der Waals surface area contributed by atoms with Crippen molar-refractivity contribution in [3.8, 4) is 11.5 Å². The van der Waals surface area contributed by atoms with E-state index in [0.29, 0.717) is 55.6 Å². The van der Waals surface area contributed by atoms with Gasteiger partial charge in [0.25, 0.3) is 0 Å². The number of nitrogens with one attached hydrogen (secondary N) is 1. The van der Waals surface area contributed by atoms with Crippen molar-refractivity contribution in [2.45, 2.75) is 31.8 Å². The van der Waals surface area contributed by atoms with Crippen LogP contribution in [0.15, 0.2) is 59.9 Å². The number of carboxylic acids is 1. The summed E-state index contributed by atoms with van der Waals surface area (Å²) in [5.74, 6) is 0.0129. The van der Waals surface area contributed by atoms with E-state index in [2.05, 4.69) is 0 Å². The summed E-state index contributed by atoms with van der Waals surface area (Å²) in [4.78, 5) is 11.3. The number of carbonyl (C=O) groups is 1. The smallest absolute Gasteiger partial charge is 0.335 e. The number of allylic oxidation sites excluding steroid dienone is 1. The van der Waals surface area contributed by atoms with E-state index in [-0.39, 0.29) is 35.1 Å². The minimum atomic E-state index is -0.991. The first-order valence-electron chi connectivity index (χ1n) is 12.2. The number of carboxylic acid groups (broad SMARTS) is 1. The summed E-state index contributed by atoms with van der Waals surface area (Å²) in [6, 6.07) is 13.0. The lowest BCUT2D eigenvalue weighted by Gasteiger charge is -2.28. The van der Waals surface area contributed by atoms with Gasteiger partial charge in [-0.3, -0.25) is 5.41 Å². The molecule has 1 fully saturated rings. The van der Waals surface area contributed by atoms with Gasteiger partial charge in [0.15, 0.2) is 0 Å². The quantitative estimate of drug-likeness (QED) is 0.176. The van der Waals surface area contributed by atoms with Gasteiger partial charge in [0.2, 0.25) is 0 Å². The monoisotopic (exact) mass is 605 g/mol. The number of aryl methyl sites for hydroxylation is 1. The molecule has 1 unspecified atom stereocenters. The molecule has 0 radical (unpaired) electrons. The van der Waals surface area contributed by atoms with Gasteiger partial charge in [0.1, 0.15) is 30.0 Å². The van der Waals surface area contributed by atoms with E-state index in [0.717, 1.165) is 18.4 Å². The van der Waals surface area contributed by atoms with Crippen molar-refractivity contribution >= 4 is 58.1 Å². The first-order valence-corrected chi connectivity index (χ1v) is 13.7. The summed E-state index contributed by atoms with van der Waals surface area (Å²) in [7, 11) is 0. The second kappa shape index (κ2) is 11.3. The number of rotatable bonds is 8. The van der Waals surface area contributed by atoms with Gasteiger partial charge in [-0.05, 0) is 73.7 Å². The number of benzene rings is 3. The lowest BCUT2D eigenvalue weighted by atomic mass is 9.96. The number of halogens is 4. The summed E-state index contributed by atoms with van der Waals surface area (Å²) >= 11 is 25.9. The highest BCUT2D eigenvalue weighted by Crippen LogP contribution is 2.43. The lowest BCUT2D eigenvalue weighted by Crippen LogP contribution is -2.17. The molecule has 1 aliphatic heterocycles. The first-order chi connectivity index (χ1) is 18.6. The van der Waals surface area contributed by atoms with Crippen LogP contribution < -0.4 is 9.47 Å². The van der Waals surface area contributed by atoms with Crippen LogP contribution >= 0.6 is 46.4 Å². The van der Waals surface area contributed by atoms with E-state index in [1.54, 1.807) is 42.5 Å². The molecule has 0 aromatic heterocycles. The Morgan fingerprint density at radius 3 is 2.23 bits per heavy atom. The fourth-order valence-electron chi connectivity index (χ4n) is 4.60. The van der Waals surface area contributed by atoms with Crippen LogP contribution in [-0.2, 0) is 6.42 Å². The van der Waals surface area contributed by atoms with E-state index < -0.39 is 12.1 Å². The molecular weight excluding hydrogens is 584 g/mol. The number of hydrogen-bond donors (Lipinski definition) is 3. The Hall–Kier alpha value is -2.90. The molecule has 5 rings (SSSR count). The van der Waals surface area contributed by atoms with Crippen LogP contribution in [0.1, 0.15) is 52.4 Å². The van der Waals surface area contributed by atoms with E-state index in [1.807, 2.05) is 0 Å². The molecule has 0 saturated heterocycles. The maximum absolute atomic E-state index is 11.3. The van der Waals surface area contributed by atoms with Gasteiger partial charge in [-0.2, -0.15) is 0 Å². The van der Waals surface area contributed by atoms with Crippen LogP contribution in [-0.4, -0.2) is 28.5 Å². The normalized spacial score (nSPS) is 17.1. The molecule has 6 nitrogen and oxygen atoms in total. The average molecular weight is 607 g/mol. The highest BCUT2D eigenvalue weighted by Gasteiger charge is 2.31. The van der Waals surface area contributed by atoms with Crippen LogP contribution in [0.2, 0.25) is 20.1 Å². The molecule has 1 aliphatic carbocycles. The van der Waals surface area contributed by atoms with Gasteiger partial charge in [0.05, 0.1) is 36.9 Å². The number of fused-ring (bicyclic) bond motifs is 1. The predicted molar refractivity (Wildman–Crippen MR) is 153 cm³/mol. The fraction of sp³-hybridized carbons (Fsp3) is 0.241. The van der Waals surface area contributed by atoms with Crippen LogP contribution in [0, 0.1) is 11.3 Å². The fourth-order valence-corrected chi connectivity index (χ4v) is 5.89. The van der Waals surface area contributed by atoms with E-state index >= 15 is 0 Å². The molecule has 0 bridgehead atoms. The van der Waals surface area contributed by atoms with Crippen molar-refractivity contribution < 1.29 is 24.5 Å². The molecule has 3 aromatic carbocycles. The van der Waals surface area contributed by atoms with E-state index in [4.69, 9.17) is 61.3 Å². The molecule has 2 aliphatic rings. The molecule has 202 valence electrons. The van der Waals surface area contributed by atoms with Crippen molar-refractivity contribution in [1.82, 2.24) is 0 Å². The number of hydrogen-bond acceptors (Lipinski definition) is 5. The van der Waals surface area contributed by atoms with Gasteiger partial charge in [-0.25, -0.2) is 4.79 Å².